The minimum absolute atomic E-state index is 0.0711. The number of halogens is 1. The molecule has 2 aromatic carbocycles. The van der Waals surface area contributed by atoms with Gasteiger partial charge >= 0.3 is 5.97 Å². The van der Waals surface area contributed by atoms with Gasteiger partial charge in [-0.3, -0.25) is 4.79 Å². The molecule has 2 rings (SSSR count). The fraction of sp³-hybridized carbons (Fsp3) is 0.222. The Labute approximate surface area is 149 Å². The first-order valence-corrected chi connectivity index (χ1v) is 8.27. The summed E-state index contributed by atoms with van der Waals surface area (Å²) in [4.78, 5) is 23.3. The third kappa shape index (κ3) is 5.09. The number of anilines is 2. The molecule has 126 valence electrons. The number of carbonyl (C=O) groups is 2. The van der Waals surface area contributed by atoms with Gasteiger partial charge in [-0.25, -0.2) is 4.79 Å². The molecule has 0 unspecified atom stereocenters. The monoisotopic (exact) mass is 390 g/mol. The van der Waals surface area contributed by atoms with Crippen LogP contribution in [0.3, 0.4) is 0 Å². The zero-order chi connectivity index (χ0) is 17.5. The molecule has 6 heteroatoms. The molecule has 0 saturated heterocycles. The van der Waals surface area contributed by atoms with Gasteiger partial charge in [-0.2, -0.15) is 0 Å². The van der Waals surface area contributed by atoms with Gasteiger partial charge in [-0.15, -0.1) is 0 Å². The van der Waals surface area contributed by atoms with Gasteiger partial charge in [-0.1, -0.05) is 6.07 Å². The average molecular weight is 391 g/mol. The molecule has 0 saturated carbocycles. The van der Waals surface area contributed by atoms with Gasteiger partial charge in [0.2, 0.25) is 5.91 Å². The number of benzene rings is 2. The van der Waals surface area contributed by atoms with E-state index >= 15 is 0 Å². The standard InChI is InChI=1S/C18H19BrN2O3/c1-12-3-8-16(15(19)11-12)21-17(22)9-10-20-14-6-4-13(5-7-14)18(23)24-2/h3-8,11,20H,9-10H2,1-2H3,(H,21,22). The van der Waals surface area contributed by atoms with E-state index in [2.05, 4.69) is 31.3 Å². The smallest absolute Gasteiger partial charge is 0.337 e. The van der Waals surface area contributed by atoms with E-state index in [9.17, 15) is 9.59 Å². The van der Waals surface area contributed by atoms with Crippen molar-refractivity contribution < 1.29 is 14.3 Å². The lowest BCUT2D eigenvalue weighted by atomic mass is 10.2. The van der Waals surface area contributed by atoms with Crippen LogP contribution in [0.5, 0.6) is 0 Å². The Morgan fingerprint density at radius 1 is 1.12 bits per heavy atom. The van der Waals surface area contributed by atoms with Crippen molar-refractivity contribution in [2.24, 2.45) is 0 Å². The molecule has 0 radical (unpaired) electrons. The molecule has 0 aliphatic carbocycles. The normalized spacial score (nSPS) is 10.1. The van der Waals surface area contributed by atoms with Crippen LogP contribution in [0.2, 0.25) is 0 Å². The highest BCUT2D eigenvalue weighted by Crippen LogP contribution is 2.23. The van der Waals surface area contributed by atoms with Gasteiger partial charge in [0.15, 0.2) is 0 Å². The lowest BCUT2D eigenvalue weighted by molar-refractivity contribution is -0.115. The van der Waals surface area contributed by atoms with Crippen LogP contribution < -0.4 is 10.6 Å². The second-order valence-corrected chi connectivity index (χ2v) is 6.13. The third-order valence-corrected chi connectivity index (χ3v) is 4.04. The van der Waals surface area contributed by atoms with E-state index < -0.39 is 0 Å². The minimum atomic E-state index is -0.371. The largest absolute Gasteiger partial charge is 0.465 e. The highest BCUT2D eigenvalue weighted by atomic mass is 79.9. The van der Waals surface area contributed by atoms with Gasteiger partial charge in [-0.05, 0) is 64.8 Å². The summed E-state index contributed by atoms with van der Waals surface area (Å²) in [6.07, 6.45) is 0.332. The highest BCUT2D eigenvalue weighted by Gasteiger charge is 2.07. The zero-order valence-corrected chi connectivity index (χ0v) is 15.1. The first kappa shape index (κ1) is 18.0. The maximum absolute atomic E-state index is 12.0. The van der Waals surface area contributed by atoms with Gasteiger partial charge < -0.3 is 15.4 Å². The van der Waals surface area contributed by atoms with Crippen molar-refractivity contribution >= 4 is 39.2 Å². The summed E-state index contributed by atoms with van der Waals surface area (Å²) in [5.74, 6) is -0.442. The van der Waals surface area contributed by atoms with Crippen LogP contribution in [0, 0.1) is 6.92 Å². The molecule has 5 nitrogen and oxygen atoms in total. The molecular weight excluding hydrogens is 372 g/mol. The molecule has 1 amide bonds. The van der Waals surface area contributed by atoms with Crippen molar-refractivity contribution in [3.63, 3.8) is 0 Å². The van der Waals surface area contributed by atoms with E-state index in [-0.39, 0.29) is 11.9 Å². The quantitative estimate of drug-likeness (QED) is 0.731. The SMILES string of the molecule is COC(=O)c1ccc(NCCC(=O)Nc2ccc(C)cc2Br)cc1. The molecule has 2 N–H and O–H groups in total. The molecular formula is C18H19BrN2O3. The van der Waals surface area contributed by atoms with Crippen molar-refractivity contribution in [3.05, 3.63) is 58.1 Å². The first-order valence-electron chi connectivity index (χ1n) is 7.48. The Kier molecular flexibility index (Phi) is 6.37. The van der Waals surface area contributed by atoms with E-state index in [4.69, 9.17) is 0 Å². The first-order chi connectivity index (χ1) is 11.5. The molecule has 0 atom stereocenters. The van der Waals surface area contributed by atoms with E-state index in [1.54, 1.807) is 24.3 Å². The number of ether oxygens (including phenoxy) is 1. The van der Waals surface area contributed by atoms with Crippen molar-refractivity contribution in [1.82, 2.24) is 0 Å². The Bertz CT molecular complexity index is 730. The number of esters is 1. The molecule has 2 aromatic rings. The van der Waals surface area contributed by atoms with E-state index in [1.807, 2.05) is 25.1 Å². The Hall–Kier alpha value is -2.34. The number of aryl methyl sites for hydroxylation is 1. The minimum Gasteiger partial charge on any atom is -0.465 e. The van der Waals surface area contributed by atoms with Crippen LogP contribution in [-0.4, -0.2) is 25.5 Å². The summed E-state index contributed by atoms with van der Waals surface area (Å²) < 4.78 is 5.51. The van der Waals surface area contributed by atoms with Crippen molar-refractivity contribution in [2.75, 3.05) is 24.3 Å². The average Bonchev–Trinajstić information content (AvgIpc) is 2.57. The molecule has 0 aliphatic rings. The van der Waals surface area contributed by atoms with E-state index in [1.165, 1.54) is 7.11 Å². The second kappa shape index (κ2) is 8.49. The molecule has 0 aliphatic heterocycles. The number of hydrogen-bond donors (Lipinski definition) is 2. The predicted molar refractivity (Wildman–Crippen MR) is 98.4 cm³/mol. The van der Waals surface area contributed by atoms with Crippen LogP contribution in [0.25, 0.3) is 0 Å². The van der Waals surface area contributed by atoms with Gasteiger partial charge in [0.1, 0.15) is 0 Å². The summed E-state index contributed by atoms with van der Waals surface area (Å²) in [6.45, 7) is 2.48. The van der Waals surface area contributed by atoms with Crippen molar-refractivity contribution in [3.8, 4) is 0 Å². The second-order valence-electron chi connectivity index (χ2n) is 5.28. The third-order valence-electron chi connectivity index (χ3n) is 3.39. The van der Waals surface area contributed by atoms with Gasteiger partial charge in [0.05, 0.1) is 18.4 Å². The summed E-state index contributed by atoms with van der Waals surface area (Å²) in [7, 11) is 1.35. The fourth-order valence-corrected chi connectivity index (χ4v) is 2.69. The lowest BCUT2D eigenvalue weighted by Gasteiger charge is -2.09. The molecule has 0 spiro atoms. The van der Waals surface area contributed by atoms with E-state index in [0.717, 1.165) is 21.4 Å². The highest BCUT2D eigenvalue weighted by molar-refractivity contribution is 9.10. The number of hydrogen-bond acceptors (Lipinski definition) is 4. The maximum atomic E-state index is 12.0. The van der Waals surface area contributed by atoms with Crippen LogP contribution in [-0.2, 0) is 9.53 Å². The molecule has 0 heterocycles. The fourth-order valence-electron chi connectivity index (χ4n) is 2.10. The van der Waals surface area contributed by atoms with Crippen LogP contribution >= 0.6 is 15.9 Å². The summed E-state index contributed by atoms with van der Waals surface area (Å²) in [6, 6.07) is 12.7. The number of nitrogens with one attached hydrogen (secondary N) is 2. The van der Waals surface area contributed by atoms with Gasteiger partial charge in [0, 0.05) is 23.1 Å². The molecule has 24 heavy (non-hydrogen) atoms. The Balaban J connectivity index is 1.81. The summed E-state index contributed by atoms with van der Waals surface area (Å²) in [5, 5.41) is 6.01. The van der Waals surface area contributed by atoms with Crippen LogP contribution in [0.15, 0.2) is 46.9 Å². The maximum Gasteiger partial charge on any atom is 0.337 e. The zero-order valence-electron chi connectivity index (χ0n) is 13.6. The Morgan fingerprint density at radius 3 is 2.46 bits per heavy atom. The predicted octanol–water partition coefficient (Wildman–Crippen LogP) is 3.98. The number of carbonyl (C=O) groups excluding carboxylic acids is 2. The summed E-state index contributed by atoms with van der Waals surface area (Å²) >= 11 is 3.44. The molecule has 0 bridgehead atoms. The number of amides is 1. The molecule has 0 aromatic heterocycles. The number of rotatable bonds is 6. The topological polar surface area (TPSA) is 67.4 Å². The van der Waals surface area contributed by atoms with Crippen molar-refractivity contribution in [1.29, 1.82) is 0 Å². The Morgan fingerprint density at radius 2 is 1.83 bits per heavy atom. The molecule has 0 fully saturated rings. The van der Waals surface area contributed by atoms with Crippen LogP contribution in [0.1, 0.15) is 22.3 Å². The van der Waals surface area contributed by atoms with Crippen molar-refractivity contribution in [2.45, 2.75) is 13.3 Å². The van der Waals surface area contributed by atoms with Crippen LogP contribution in [0.4, 0.5) is 11.4 Å². The lowest BCUT2D eigenvalue weighted by Crippen LogP contribution is -2.16. The van der Waals surface area contributed by atoms with Gasteiger partial charge in [0.25, 0.3) is 0 Å². The van der Waals surface area contributed by atoms with E-state index in [0.29, 0.717) is 18.5 Å². The number of methoxy groups -OCH3 is 1. The summed E-state index contributed by atoms with van der Waals surface area (Å²) in [5.41, 5.74) is 3.21.